The Morgan fingerprint density at radius 2 is 1.95 bits per heavy atom. The first-order chi connectivity index (χ1) is 8.52. The first kappa shape index (κ1) is 16.6. The Labute approximate surface area is 120 Å². The Hall–Kier alpha value is -0.503. The molecule has 110 valence electrons. The van der Waals surface area contributed by atoms with E-state index in [1.54, 1.807) is 13.4 Å². The quantitative estimate of drug-likeness (QED) is 0.421. The number of methoxy groups -OCH3 is 1. The van der Waals surface area contributed by atoms with Crippen LogP contribution in [0.1, 0.15) is 41.0 Å². The van der Waals surface area contributed by atoms with E-state index in [-0.39, 0.29) is 10.5 Å². The van der Waals surface area contributed by atoms with Crippen molar-refractivity contribution in [3.05, 3.63) is 17.6 Å². The molecule has 0 amide bonds. The number of ether oxygens (including phenoxy) is 1. The molecule has 1 saturated carbocycles. The number of rotatable bonds is 4. The first-order valence-corrected chi connectivity index (χ1v) is 10.0. The van der Waals surface area contributed by atoms with Gasteiger partial charge in [-0.15, -0.1) is 0 Å². The predicted octanol–water partition coefficient (Wildman–Crippen LogP) is 4.74. The molecule has 0 radical (unpaired) electrons. The molecule has 1 aliphatic rings. The fourth-order valence-corrected chi connectivity index (χ4v) is 3.10. The minimum atomic E-state index is -1.62. The number of hydrogen-bond acceptors (Lipinski definition) is 2. The van der Waals surface area contributed by atoms with Crippen molar-refractivity contribution < 1.29 is 9.16 Å². The van der Waals surface area contributed by atoms with Gasteiger partial charge >= 0.3 is 0 Å². The largest absolute Gasteiger partial charge is 0.496 e. The van der Waals surface area contributed by atoms with Crippen molar-refractivity contribution in [2.24, 2.45) is 11.3 Å². The molecule has 0 aromatic carbocycles. The van der Waals surface area contributed by atoms with Gasteiger partial charge in [-0.05, 0) is 41.5 Å². The zero-order chi connectivity index (χ0) is 14.9. The van der Waals surface area contributed by atoms with E-state index in [1.165, 1.54) is 5.57 Å². The average molecular weight is 282 g/mol. The maximum absolute atomic E-state index is 6.34. The van der Waals surface area contributed by atoms with Gasteiger partial charge in [0, 0.05) is 6.61 Å². The third-order valence-corrected chi connectivity index (χ3v) is 9.55. The maximum Gasteiger partial charge on any atom is 0.191 e. The molecule has 0 saturated heterocycles. The molecule has 3 heteroatoms. The van der Waals surface area contributed by atoms with Crippen LogP contribution in [-0.4, -0.2) is 22.0 Å². The number of hydrogen-bond donors (Lipinski definition) is 0. The minimum absolute atomic E-state index is 0.192. The summed E-state index contributed by atoms with van der Waals surface area (Å²) in [6.07, 6.45) is 2.74. The van der Waals surface area contributed by atoms with E-state index in [4.69, 9.17) is 9.16 Å². The standard InChI is InChI=1S/C16H30O2Si/c1-15(2,3)19(7,8)18-12-14-11-13(9-10-17-6)16(14,4)5/h10,14H,11-12H2,1-8H3. The Kier molecular flexibility index (Phi) is 4.77. The smallest absolute Gasteiger partial charge is 0.191 e. The monoisotopic (exact) mass is 282 g/mol. The molecule has 1 aliphatic carbocycles. The summed E-state index contributed by atoms with van der Waals surface area (Å²) >= 11 is 0. The highest BCUT2D eigenvalue weighted by Crippen LogP contribution is 2.51. The van der Waals surface area contributed by atoms with Crippen LogP contribution in [0.15, 0.2) is 17.6 Å². The summed E-state index contributed by atoms with van der Waals surface area (Å²) < 4.78 is 11.3. The van der Waals surface area contributed by atoms with Gasteiger partial charge < -0.3 is 9.16 Å². The zero-order valence-electron chi connectivity index (χ0n) is 13.9. The van der Waals surface area contributed by atoms with Gasteiger partial charge in [-0.3, -0.25) is 0 Å². The molecule has 0 aliphatic heterocycles. The molecular formula is C16H30O2Si. The van der Waals surface area contributed by atoms with Crippen molar-refractivity contribution in [1.82, 2.24) is 0 Å². The molecule has 19 heavy (non-hydrogen) atoms. The van der Waals surface area contributed by atoms with Gasteiger partial charge in [0.05, 0.1) is 7.11 Å². The molecule has 2 nitrogen and oxygen atoms in total. The normalized spacial score (nSPS) is 22.5. The third-order valence-electron chi connectivity index (χ3n) is 5.05. The highest BCUT2D eigenvalue weighted by atomic mass is 28.4. The van der Waals surface area contributed by atoms with Crippen LogP contribution in [0.5, 0.6) is 0 Å². The molecular weight excluding hydrogens is 252 g/mol. The second-order valence-electron chi connectivity index (χ2n) is 7.67. The molecule has 1 unspecified atom stereocenters. The van der Waals surface area contributed by atoms with Gasteiger partial charge in [0.2, 0.25) is 0 Å². The molecule has 1 atom stereocenters. The van der Waals surface area contributed by atoms with E-state index < -0.39 is 8.32 Å². The van der Waals surface area contributed by atoms with Crippen molar-refractivity contribution in [2.75, 3.05) is 13.7 Å². The summed E-state index contributed by atoms with van der Waals surface area (Å²) in [6.45, 7) is 16.9. The van der Waals surface area contributed by atoms with Gasteiger partial charge in [0.15, 0.2) is 8.32 Å². The fourth-order valence-electron chi connectivity index (χ4n) is 2.05. The van der Waals surface area contributed by atoms with Crippen molar-refractivity contribution in [1.29, 1.82) is 0 Å². The lowest BCUT2D eigenvalue weighted by molar-refractivity contribution is 0.0898. The second-order valence-corrected chi connectivity index (χ2v) is 12.5. The lowest BCUT2D eigenvalue weighted by atomic mass is 9.59. The van der Waals surface area contributed by atoms with Crippen LogP contribution in [-0.2, 0) is 9.16 Å². The molecule has 1 fully saturated rings. The molecule has 0 spiro atoms. The van der Waals surface area contributed by atoms with Crippen molar-refractivity contribution >= 4 is 8.32 Å². The molecule has 0 heterocycles. The van der Waals surface area contributed by atoms with Gasteiger partial charge in [0.1, 0.15) is 6.26 Å². The van der Waals surface area contributed by atoms with Crippen LogP contribution in [0.25, 0.3) is 0 Å². The summed E-state index contributed by atoms with van der Waals surface area (Å²) in [5.41, 5.74) is 4.78. The van der Waals surface area contributed by atoms with Crippen LogP contribution < -0.4 is 0 Å². The zero-order valence-corrected chi connectivity index (χ0v) is 14.9. The minimum Gasteiger partial charge on any atom is -0.496 e. The molecule has 1 rings (SSSR count). The van der Waals surface area contributed by atoms with E-state index in [9.17, 15) is 0 Å². The van der Waals surface area contributed by atoms with Crippen LogP contribution in [0, 0.1) is 11.3 Å². The topological polar surface area (TPSA) is 18.5 Å². The molecule has 0 N–H and O–H groups in total. The highest BCUT2D eigenvalue weighted by molar-refractivity contribution is 6.74. The first-order valence-electron chi connectivity index (χ1n) is 7.13. The van der Waals surface area contributed by atoms with Gasteiger partial charge in [-0.25, -0.2) is 0 Å². The van der Waals surface area contributed by atoms with Crippen LogP contribution in [0.4, 0.5) is 0 Å². The molecule has 0 aromatic rings. The summed E-state index contributed by atoms with van der Waals surface area (Å²) in [7, 11) is 0.0418. The Balaban J connectivity index is 2.62. The van der Waals surface area contributed by atoms with Crippen molar-refractivity contribution in [3.63, 3.8) is 0 Å². The molecule has 0 bridgehead atoms. The summed E-state index contributed by atoms with van der Waals surface area (Å²) in [6, 6.07) is 0. The lowest BCUT2D eigenvalue weighted by Crippen LogP contribution is -2.46. The molecule has 0 aromatic heterocycles. The van der Waals surface area contributed by atoms with Crippen LogP contribution >= 0.6 is 0 Å². The van der Waals surface area contributed by atoms with E-state index in [1.807, 2.05) is 0 Å². The van der Waals surface area contributed by atoms with Gasteiger partial charge in [-0.2, -0.15) is 0 Å². The summed E-state index contributed by atoms with van der Waals surface area (Å²) in [4.78, 5) is 0. The van der Waals surface area contributed by atoms with Crippen molar-refractivity contribution in [2.45, 2.75) is 59.2 Å². The van der Waals surface area contributed by atoms with E-state index in [0.29, 0.717) is 5.92 Å². The summed E-state index contributed by atoms with van der Waals surface area (Å²) in [5, 5.41) is 0.287. The van der Waals surface area contributed by atoms with Crippen LogP contribution in [0.2, 0.25) is 18.1 Å². The van der Waals surface area contributed by atoms with E-state index in [2.05, 4.69) is 53.4 Å². The Morgan fingerprint density at radius 3 is 2.37 bits per heavy atom. The number of allylic oxidation sites excluding steroid dienone is 1. The van der Waals surface area contributed by atoms with Gasteiger partial charge in [0.25, 0.3) is 0 Å². The fraction of sp³-hybridized carbons (Fsp3) is 0.812. The van der Waals surface area contributed by atoms with E-state index >= 15 is 0 Å². The van der Waals surface area contributed by atoms with E-state index in [0.717, 1.165) is 13.0 Å². The lowest BCUT2D eigenvalue weighted by Gasteiger charge is -2.48. The second kappa shape index (κ2) is 5.47. The maximum atomic E-state index is 6.34. The van der Waals surface area contributed by atoms with Crippen LogP contribution in [0.3, 0.4) is 0 Å². The van der Waals surface area contributed by atoms with Gasteiger partial charge in [-0.1, -0.05) is 40.3 Å². The summed E-state index contributed by atoms with van der Waals surface area (Å²) in [5.74, 6) is 0.606. The van der Waals surface area contributed by atoms with Crippen molar-refractivity contribution in [3.8, 4) is 0 Å². The average Bonchev–Trinajstić information content (AvgIpc) is 2.25. The third kappa shape index (κ3) is 3.53. The Bertz CT molecular complexity index is 382. The Morgan fingerprint density at radius 1 is 1.37 bits per heavy atom. The predicted molar refractivity (Wildman–Crippen MR) is 83.6 cm³/mol. The highest BCUT2D eigenvalue weighted by Gasteiger charge is 2.45. The SMILES string of the molecule is COC=C=C1CC(CO[Si](C)(C)C(C)(C)C)C1(C)C.